The molecule has 24 heavy (non-hydrogen) atoms. The first-order chi connectivity index (χ1) is 11.7. The number of nitrogens with zero attached hydrogens (tertiary/aromatic N) is 2. The van der Waals surface area contributed by atoms with E-state index in [9.17, 15) is 4.79 Å². The second-order valence-corrected chi connectivity index (χ2v) is 5.41. The van der Waals surface area contributed by atoms with E-state index in [4.69, 9.17) is 4.74 Å². The summed E-state index contributed by atoms with van der Waals surface area (Å²) in [5, 5.41) is 3.07. The second kappa shape index (κ2) is 7.00. The third-order valence-electron chi connectivity index (χ3n) is 3.88. The van der Waals surface area contributed by atoms with E-state index < -0.39 is 6.04 Å². The van der Waals surface area contributed by atoms with Gasteiger partial charge in [-0.15, -0.1) is 0 Å². The summed E-state index contributed by atoms with van der Waals surface area (Å²) in [6, 6.07) is 16.4. The molecule has 0 spiro atoms. The standard InChI is InChI=1S/C19H19N3O2/c1-22-13-12-20-18(22)17(15-10-6-7-11-16(15)24-2)21-19(23)14-8-4-3-5-9-14/h3-13,17H,1-2H3,(H,21,23). The third kappa shape index (κ3) is 3.15. The Balaban J connectivity index is 2.00. The van der Waals surface area contributed by atoms with Crippen molar-refractivity contribution in [2.24, 2.45) is 7.05 Å². The number of imidazole rings is 1. The molecule has 1 N–H and O–H groups in total. The molecule has 0 radical (unpaired) electrons. The Bertz CT molecular complexity index is 827. The average Bonchev–Trinajstić information content (AvgIpc) is 3.06. The van der Waals surface area contributed by atoms with Crippen LogP contribution in [0.4, 0.5) is 0 Å². The molecule has 0 aliphatic rings. The Morgan fingerprint density at radius 1 is 1.12 bits per heavy atom. The molecule has 0 saturated carbocycles. The average molecular weight is 321 g/mol. The maximum absolute atomic E-state index is 12.6. The quantitative estimate of drug-likeness (QED) is 0.786. The van der Waals surface area contributed by atoms with Gasteiger partial charge in [-0.1, -0.05) is 36.4 Å². The molecule has 1 aromatic heterocycles. The number of rotatable bonds is 5. The van der Waals surface area contributed by atoms with Crippen LogP contribution in [0.3, 0.4) is 0 Å². The first kappa shape index (κ1) is 15.8. The van der Waals surface area contributed by atoms with Gasteiger partial charge in [0.25, 0.3) is 5.91 Å². The molecular weight excluding hydrogens is 302 g/mol. The van der Waals surface area contributed by atoms with E-state index >= 15 is 0 Å². The number of amides is 1. The number of methoxy groups -OCH3 is 1. The summed E-state index contributed by atoms with van der Waals surface area (Å²) in [6.45, 7) is 0. The number of carbonyl (C=O) groups excluding carboxylic acids is 1. The molecule has 3 aromatic rings. The van der Waals surface area contributed by atoms with Gasteiger partial charge in [0.1, 0.15) is 17.6 Å². The lowest BCUT2D eigenvalue weighted by Gasteiger charge is -2.21. The van der Waals surface area contributed by atoms with Gasteiger partial charge in [-0.3, -0.25) is 4.79 Å². The molecule has 3 rings (SSSR count). The summed E-state index contributed by atoms with van der Waals surface area (Å²) < 4.78 is 7.35. The van der Waals surface area contributed by atoms with Crippen molar-refractivity contribution in [1.82, 2.24) is 14.9 Å². The van der Waals surface area contributed by atoms with Gasteiger partial charge in [0.15, 0.2) is 0 Å². The summed E-state index contributed by atoms with van der Waals surface area (Å²) in [4.78, 5) is 17.1. The predicted octanol–water partition coefficient (Wildman–Crippen LogP) is 2.95. The van der Waals surface area contributed by atoms with Crippen LogP contribution in [0.5, 0.6) is 5.75 Å². The maximum Gasteiger partial charge on any atom is 0.252 e. The van der Waals surface area contributed by atoms with Crippen molar-refractivity contribution in [2.45, 2.75) is 6.04 Å². The van der Waals surface area contributed by atoms with Crippen molar-refractivity contribution in [1.29, 1.82) is 0 Å². The van der Waals surface area contributed by atoms with Crippen LogP contribution >= 0.6 is 0 Å². The minimum atomic E-state index is -0.408. The lowest BCUT2D eigenvalue weighted by molar-refractivity contribution is 0.0941. The van der Waals surface area contributed by atoms with Crippen molar-refractivity contribution in [3.8, 4) is 5.75 Å². The van der Waals surface area contributed by atoms with Crippen molar-refractivity contribution in [3.63, 3.8) is 0 Å². The topological polar surface area (TPSA) is 56.1 Å². The van der Waals surface area contributed by atoms with Gasteiger partial charge >= 0.3 is 0 Å². The van der Waals surface area contributed by atoms with Gasteiger partial charge < -0.3 is 14.6 Å². The zero-order valence-corrected chi connectivity index (χ0v) is 13.6. The lowest BCUT2D eigenvalue weighted by Crippen LogP contribution is -2.31. The molecule has 0 aliphatic heterocycles. The number of carbonyl (C=O) groups is 1. The molecule has 0 fully saturated rings. The maximum atomic E-state index is 12.6. The summed E-state index contributed by atoms with van der Waals surface area (Å²) in [6.07, 6.45) is 3.57. The highest BCUT2D eigenvalue weighted by atomic mass is 16.5. The molecule has 1 unspecified atom stereocenters. The van der Waals surface area contributed by atoms with Crippen LogP contribution in [0.2, 0.25) is 0 Å². The first-order valence-electron chi connectivity index (χ1n) is 7.66. The minimum Gasteiger partial charge on any atom is -0.496 e. The molecule has 0 saturated heterocycles. The van der Waals surface area contributed by atoms with Crippen molar-refractivity contribution < 1.29 is 9.53 Å². The third-order valence-corrected chi connectivity index (χ3v) is 3.88. The van der Waals surface area contributed by atoms with E-state index in [1.165, 1.54) is 0 Å². The fourth-order valence-electron chi connectivity index (χ4n) is 2.65. The minimum absolute atomic E-state index is 0.158. The van der Waals surface area contributed by atoms with Crippen LogP contribution in [-0.4, -0.2) is 22.6 Å². The van der Waals surface area contributed by atoms with Crippen molar-refractivity contribution in [3.05, 3.63) is 83.9 Å². The van der Waals surface area contributed by atoms with Crippen LogP contribution in [0.1, 0.15) is 27.8 Å². The summed E-state index contributed by atoms with van der Waals surface area (Å²) in [5.74, 6) is 1.29. The van der Waals surface area contributed by atoms with Crippen LogP contribution in [0.15, 0.2) is 67.0 Å². The number of aryl methyl sites for hydroxylation is 1. The van der Waals surface area contributed by atoms with E-state index in [1.54, 1.807) is 25.4 Å². The highest BCUT2D eigenvalue weighted by molar-refractivity contribution is 5.94. The molecule has 1 atom stereocenters. The van der Waals surface area contributed by atoms with E-state index in [2.05, 4.69) is 10.3 Å². The zero-order chi connectivity index (χ0) is 16.9. The number of para-hydroxylation sites is 1. The Hall–Kier alpha value is -3.08. The Kier molecular flexibility index (Phi) is 4.61. The number of hydrogen-bond donors (Lipinski definition) is 1. The molecule has 5 heteroatoms. The predicted molar refractivity (Wildman–Crippen MR) is 92.0 cm³/mol. The van der Waals surface area contributed by atoms with Gasteiger partial charge in [0.2, 0.25) is 0 Å². The first-order valence-corrected chi connectivity index (χ1v) is 7.66. The lowest BCUT2D eigenvalue weighted by atomic mass is 10.0. The van der Waals surface area contributed by atoms with E-state index in [0.29, 0.717) is 11.3 Å². The molecule has 0 aliphatic carbocycles. The molecular formula is C19H19N3O2. The van der Waals surface area contributed by atoms with Crippen molar-refractivity contribution in [2.75, 3.05) is 7.11 Å². The smallest absolute Gasteiger partial charge is 0.252 e. The molecule has 1 heterocycles. The molecule has 2 aromatic carbocycles. The van der Waals surface area contributed by atoms with E-state index in [-0.39, 0.29) is 5.91 Å². The van der Waals surface area contributed by atoms with Gasteiger partial charge in [-0.25, -0.2) is 4.98 Å². The largest absolute Gasteiger partial charge is 0.496 e. The van der Waals surface area contributed by atoms with Crippen LogP contribution in [-0.2, 0) is 7.05 Å². The second-order valence-electron chi connectivity index (χ2n) is 5.41. The van der Waals surface area contributed by atoms with Crippen LogP contribution < -0.4 is 10.1 Å². The molecule has 5 nitrogen and oxygen atoms in total. The highest BCUT2D eigenvalue weighted by Gasteiger charge is 2.24. The summed E-state index contributed by atoms with van der Waals surface area (Å²) >= 11 is 0. The number of benzene rings is 2. The number of aromatic nitrogens is 2. The van der Waals surface area contributed by atoms with Crippen LogP contribution in [0, 0.1) is 0 Å². The van der Waals surface area contributed by atoms with Gasteiger partial charge in [-0.05, 0) is 18.2 Å². The normalized spacial score (nSPS) is 11.8. The fourth-order valence-corrected chi connectivity index (χ4v) is 2.65. The number of hydrogen-bond acceptors (Lipinski definition) is 3. The SMILES string of the molecule is COc1ccccc1C(NC(=O)c1ccccc1)c1nccn1C. The van der Waals surface area contributed by atoms with E-state index in [1.807, 2.05) is 60.3 Å². The van der Waals surface area contributed by atoms with E-state index in [0.717, 1.165) is 11.4 Å². The number of ether oxygens (including phenoxy) is 1. The zero-order valence-electron chi connectivity index (χ0n) is 13.6. The Morgan fingerprint density at radius 3 is 2.50 bits per heavy atom. The monoisotopic (exact) mass is 321 g/mol. The molecule has 0 bridgehead atoms. The Labute approximate surface area is 140 Å². The molecule has 1 amide bonds. The highest BCUT2D eigenvalue weighted by Crippen LogP contribution is 2.29. The van der Waals surface area contributed by atoms with Gasteiger partial charge in [0, 0.05) is 30.6 Å². The fraction of sp³-hybridized carbons (Fsp3) is 0.158. The molecule has 122 valence electrons. The Morgan fingerprint density at radius 2 is 1.83 bits per heavy atom. The number of nitrogens with one attached hydrogen (secondary N) is 1. The summed E-state index contributed by atoms with van der Waals surface area (Å²) in [7, 11) is 3.52. The summed E-state index contributed by atoms with van der Waals surface area (Å²) in [5.41, 5.74) is 1.46. The van der Waals surface area contributed by atoms with Gasteiger partial charge in [0.05, 0.1) is 7.11 Å². The van der Waals surface area contributed by atoms with Crippen LogP contribution in [0.25, 0.3) is 0 Å². The van der Waals surface area contributed by atoms with Crippen molar-refractivity contribution >= 4 is 5.91 Å². The van der Waals surface area contributed by atoms with Gasteiger partial charge in [-0.2, -0.15) is 0 Å².